The van der Waals surface area contributed by atoms with Crippen LogP contribution in [0, 0.1) is 5.92 Å². The Kier molecular flexibility index (Phi) is 6.63. The van der Waals surface area contributed by atoms with Gasteiger partial charge in [-0.1, -0.05) is 30.3 Å². The number of benzene rings is 2. The number of hydrogen-bond donors (Lipinski definition) is 0. The number of Topliss-reactive ketones (excluding diaryl/α,β-unsaturated/α-hetero) is 2. The Bertz CT molecular complexity index is 843. The molecule has 4 nitrogen and oxygen atoms in total. The number of nitrogens with zero attached hydrogens (tertiary/aromatic N) is 1. The Hall–Kier alpha value is -2.46. The van der Waals surface area contributed by atoms with Crippen LogP contribution in [0.1, 0.15) is 59.9 Å². The topological polar surface area (TPSA) is 46.6 Å². The van der Waals surface area contributed by atoms with Crippen LogP contribution in [0.2, 0.25) is 0 Å². The molecule has 0 radical (unpaired) electrons. The molecule has 1 aliphatic rings. The molecule has 1 fully saturated rings. The van der Waals surface area contributed by atoms with E-state index in [4.69, 9.17) is 4.74 Å². The van der Waals surface area contributed by atoms with Gasteiger partial charge in [0, 0.05) is 30.1 Å². The first kappa shape index (κ1) is 20.3. The van der Waals surface area contributed by atoms with Gasteiger partial charge in [-0.05, 0) is 63.9 Å². The van der Waals surface area contributed by atoms with Gasteiger partial charge in [0.2, 0.25) is 0 Å². The first-order valence-electron chi connectivity index (χ1n) is 10.1. The molecule has 2 aromatic rings. The zero-order valence-corrected chi connectivity index (χ0v) is 17.0. The van der Waals surface area contributed by atoms with E-state index in [0.717, 1.165) is 54.9 Å². The Morgan fingerprint density at radius 2 is 1.86 bits per heavy atom. The predicted octanol–water partition coefficient (Wildman–Crippen LogP) is 4.77. The summed E-state index contributed by atoms with van der Waals surface area (Å²) in [6.07, 6.45) is 2.00. The minimum Gasteiger partial charge on any atom is -0.491 e. The highest BCUT2D eigenvalue weighted by molar-refractivity contribution is 5.98. The lowest BCUT2D eigenvalue weighted by Gasteiger charge is -2.32. The first-order valence-corrected chi connectivity index (χ1v) is 10.1. The summed E-state index contributed by atoms with van der Waals surface area (Å²) < 4.78 is 5.73. The monoisotopic (exact) mass is 379 g/mol. The Balaban J connectivity index is 1.67. The smallest absolute Gasteiger partial charge is 0.167 e. The van der Waals surface area contributed by atoms with Crippen molar-refractivity contribution in [1.29, 1.82) is 0 Å². The zero-order valence-electron chi connectivity index (χ0n) is 17.0. The maximum absolute atomic E-state index is 13.1. The Labute approximate surface area is 167 Å². The summed E-state index contributed by atoms with van der Waals surface area (Å²) in [6, 6.07) is 15.3. The molecule has 1 atom stereocenters. The third kappa shape index (κ3) is 5.29. The van der Waals surface area contributed by atoms with Crippen molar-refractivity contribution in [1.82, 2.24) is 4.90 Å². The normalized spacial score (nSPS) is 17.5. The number of carbonyl (C=O) groups excluding carboxylic acids is 2. The highest BCUT2D eigenvalue weighted by Crippen LogP contribution is 2.24. The number of likely N-dealkylation sites (tertiary alicyclic amines) is 1. The highest BCUT2D eigenvalue weighted by Gasteiger charge is 2.27. The van der Waals surface area contributed by atoms with Crippen molar-refractivity contribution < 1.29 is 14.3 Å². The van der Waals surface area contributed by atoms with Crippen LogP contribution in [0.3, 0.4) is 0 Å². The van der Waals surface area contributed by atoms with Crippen LogP contribution >= 0.6 is 0 Å². The van der Waals surface area contributed by atoms with Gasteiger partial charge in [0.15, 0.2) is 11.6 Å². The van der Waals surface area contributed by atoms with Crippen molar-refractivity contribution in [3.05, 3.63) is 65.2 Å². The molecule has 0 bridgehead atoms. The molecule has 0 spiro atoms. The lowest BCUT2D eigenvalue weighted by atomic mass is 9.89. The molecule has 1 heterocycles. The fraction of sp³-hybridized carbons (Fsp3) is 0.417. The number of piperidine rings is 1. The second-order valence-electron chi connectivity index (χ2n) is 7.89. The van der Waals surface area contributed by atoms with Gasteiger partial charge >= 0.3 is 0 Å². The van der Waals surface area contributed by atoms with Crippen molar-refractivity contribution in [2.75, 3.05) is 13.1 Å². The van der Waals surface area contributed by atoms with E-state index < -0.39 is 0 Å². The number of carbonyl (C=O) groups is 2. The largest absolute Gasteiger partial charge is 0.491 e. The molecule has 3 rings (SSSR count). The predicted molar refractivity (Wildman–Crippen MR) is 111 cm³/mol. The van der Waals surface area contributed by atoms with Crippen molar-refractivity contribution >= 4 is 11.6 Å². The quantitative estimate of drug-likeness (QED) is 0.650. The average Bonchev–Trinajstić information content (AvgIpc) is 2.67. The summed E-state index contributed by atoms with van der Waals surface area (Å²) in [5.41, 5.74) is 2.58. The zero-order chi connectivity index (χ0) is 20.1. The fourth-order valence-corrected chi connectivity index (χ4v) is 3.79. The summed E-state index contributed by atoms with van der Waals surface area (Å²) in [6.45, 7) is 8.04. The van der Waals surface area contributed by atoms with Crippen LogP contribution in [-0.4, -0.2) is 35.7 Å². The minimum atomic E-state index is -0.000889. The molecule has 4 heteroatoms. The van der Waals surface area contributed by atoms with Gasteiger partial charge in [-0.2, -0.15) is 0 Å². The Morgan fingerprint density at radius 3 is 2.61 bits per heavy atom. The molecule has 0 amide bonds. The van der Waals surface area contributed by atoms with E-state index >= 15 is 0 Å². The van der Waals surface area contributed by atoms with Crippen LogP contribution in [0.25, 0.3) is 0 Å². The van der Waals surface area contributed by atoms with Gasteiger partial charge < -0.3 is 4.74 Å². The van der Waals surface area contributed by atoms with Crippen LogP contribution < -0.4 is 4.74 Å². The van der Waals surface area contributed by atoms with E-state index in [2.05, 4.69) is 4.90 Å². The summed E-state index contributed by atoms with van der Waals surface area (Å²) in [7, 11) is 0. The lowest BCUT2D eigenvalue weighted by molar-refractivity contribution is 0.0811. The van der Waals surface area contributed by atoms with Crippen LogP contribution in [0.5, 0.6) is 5.75 Å². The van der Waals surface area contributed by atoms with Gasteiger partial charge in [-0.3, -0.25) is 14.5 Å². The van der Waals surface area contributed by atoms with Crippen LogP contribution in [0.15, 0.2) is 48.5 Å². The third-order valence-corrected chi connectivity index (χ3v) is 5.11. The minimum absolute atomic E-state index is 0.000889. The highest BCUT2D eigenvalue weighted by atomic mass is 16.5. The molecule has 28 heavy (non-hydrogen) atoms. The van der Waals surface area contributed by atoms with Gasteiger partial charge in [-0.25, -0.2) is 0 Å². The maximum atomic E-state index is 13.1. The number of rotatable bonds is 7. The summed E-state index contributed by atoms with van der Waals surface area (Å²) in [4.78, 5) is 27.0. The summed E-state index contributed by atoms with van der Waals surface area (Å²) in [5.74, 6) is 1.02. The molecular weight excluding hydrogens is 350 g/mol. The van der Waals surface area contributed by atoms with E-state index in [1.165, 1.54) is 0 Å². The standard InChI is InChI=1S/C24H29NO3/c1-17(2)28-23-11-5-9-21(14-23)24(27)22-10-6-12-25(16-22)15-19-7-4-8-20(13-19)18(3)26/h4-5,7-9,11,13-14,17,22H,6,10,12,15-16H2,1-3H3/t22-/m1/s1. The van der Waals surface area contributed by atoms with Crippen molar-refractivity contribution in [3.8, 4) is 5.75 Å². The van der Waals surface area contributed by atoms with Crippen molar-refractivity contribution in [2.24, 2.45) is 5.92 Å². The summed E-state index contributed by atoms with van der Waals surface area (Å²) in [5, 5.41) is 0. The van der Waals surface area contributed by atoms with Gasteiger partial charge in [0.1, 0.15) is 5.75 Å². The molecule has 2 aromatic carbocycles. The van der Waals surface area contributed by atoms with E-state index in [1.54, 1.807) is 6.92 Å². The van der Waals surface area contributed by atoms with E-state index in [-0.39, 0.29) is 23.6 Å². The SMILES string of the molecule is CC(=O)c1cccc(CN2CCC[C@@H](C(=O)c3cccc(OC(C)C)c3)C2)c1. The first-order chi connectivity index (χ1) is 13.4. The molecule has 1 saturated heterocycles. The molecule has 0 unspecified atom stereocenters. The molecule has 148 valence electrons. The van der Waals surface area contributed by atoms with Gasteiger partial charge in [0.25, 0.3) is 0 Å². The number of ketones is 2. The molecule has 0 aromatic heterocycles. The molecule has 1 aliphatic heterocycles. The van der Waals surface area contributed by atoms with Gasteiger partial charge in [0.05, 0.1) is 6.10 Å². The number of hydrogen-bond acceptors (Lipinski definition) is 4. The second-order valence-corrected chi connectivity index (χ2v) is 7.89. The van der Waals surface area contributed by atoms with Crippen molar-refractivity contribution in [3.63, 3.8) is 0 Å². The molecule has 0 N–H and O–H groups in total. The van der Waals surface area contributed by atoms with Crippen LogP contribution in [0.4, 0.5) is 0 Å². The molecule has 0 aliphatic carbocycles. The fourth-order valence-electron chi connectivity index (χ4n) is 3.79. The third-order valence-electron chi connectivity index (χ3n) is 5.11. The van der Waals surface area contributed by atoms with Crippen molar-refractivity contribution in [2.45, 2.75) is 46.3 Å². The second kappa shape index (κ2) is 9.16. The number of ether oxygens (including phenoxy) is 1. The van der Waals surface area contributed by atoms with E-state index in [9.17, 15) is 9.59 Å². The van der Waals surface area contributed by atoms with E-state index in [1.807, 2.05) is 62.4 Å². The van der Waals surface area contributed by atoms with E-state index in [0.29, 0.717) is 0 Å². The maximum Gasteiger partial charge on any atom is 0.167 e. The average molecular weight is 380 g/mol. The van der Waals surface area contributed by atoms with Crippen LogP contribution in [-0.2, 0) is 6.54 Å². The summed E-state index contributed by atoms with van der Waals surface area (Å²) >= 11 is 0. The Morgan fingerprint density at radius 1 is 1.11 bits per heavy atom. The van der Waals surface area contributed by atoms with Gasteiger partial charge in [-0.15, -0.1) is 0 Å². The molecular formula is C24H29NO3. The lowest BCUT2D eigenvalue weighted by Crippen LogP contribution is -2.38. The molecule has 0 saturated carbocycles.